The van der Waals surface area contributed by atoms with Crippen molar-refractivity contribution in [1.82, 2.24) is 20.9 Å². The summed E-state index contributed by atoms with van der Waals surface area (Å²) in [6.45, 7) is 9.61. The molecule has 1 heterocycles. The molecule has 13 heteroatoms. The van der Waals surface area contributed by atoms with Crippen molar-refractivity contribution in [1.29, 1.82) is 0 Å². The molecule has 3 atom stereocenters. The number of nitrogens with zero attached hydrogens (tertiary/aromatic N) is 1. The number of primary amides is 1. The molecule has 49 heavy (non-hydrogen) atoms. The predicted molar refractivity (Wildman–Crippen MR) is 188 cm³/mol. The van der Waals surface area contributed by atoms with Crippen molar-refractivity contribution in [3.63, 3.8) is 0 Å². The van der Waals surface area contributed by atoms with E-state index in [1.54, 1.807) is 34.6 Å². The molecule has 5 N–H and O–H groups in total. The summed E-state index contributed by atoms with van der Waals surface area (Å²) < 4.78 is 11.0. The summed E-state index contributed by atoms with van der Waals surface area (Å²) in [4.78, 5) is 65.9. The smallest absolute Gasteiger partial charge is 0.407 e. The molecule has 1 aliphatic heterocycles. The third-order valence-corrected chi connectivity index (χ3v) is 8.63. The van der Waals surface area contributed by atoms with E-state index in [0.29, 0.717) is 38.8 Å². The average Bonchev–Trinajstić information content (AvgIpc) is 3.64. The van der Waals surface area contributed by atoms with Crippen molar-refractivity contribution in [2.45, 2.75) is 96.4 Å². The van der Waals surface area contributed by atoms with Crippen molar-refractivity contribution in [2.24, 2.45) is 11.7 Å². The van der Waals surface area contributed by atoms with Crippen LogP contribution in [0.2, 0.25) is 0 Å². The van der Waals surface area contributed by atoms with Crippen LogP contribution in [0.25, 0.3) is 11.1 Å². The Morgan fingerprint density at radius 3 is 2.10 bits per heavy atom. The Balaban J connectivity index is 0.00000650. The van der Waals surface area contributed by atoms with E-state index < -0.39 is 53.6 Å². The Morgan fingerprint density at radius 1 is 0.918 bits per heavy atom. The van der Waals surface area contributed by atoms with Crippen molar-refractivity contribution in [2.75, 3.05) is 19.7 Å². The summed E-state index contributed by atoms with van der Waals surface area (Å²) in [5.74, 6) is -1.90. The minimum Gasteiger partial charge on any atom is -0.449 e. The molecule has 2 aliphatic rings. The third kappa shape index (κ3) is 10.3. The maximum Gasteiger partial charge on any atom is 0.407 e. The average molecular weight is 700 g/mol. The highest BCUT2D eigenvalue weighted by molar-refractivity contribution is 5.94. The fourth-order valence-electron chi connectivity index (χ4n) is 6.34. The number of fused-ring (bicyclic) bond motifs is 3. The molecule has 1 fully saturated rings. The number of amides is 5. The third-order valence-electron chi connectivity index (χ3n) is 8.63. The molecule has 0 aromatic heterocycles. The van der Waals surface area contributed by atoms with E-state index >= 15 is 0 Å². The number of ether oxygens (including phenoxy) is 2. The highest BCUT2D eigenvalue weighted by Gasteiger charge is 2.39. The van der Waals surface area contributed by atoms with Crippen molar-refractivity contribution >= 4 is 42.3 Å². The van der Waals surface area contributed by atoms with Gasteiger partial charge < -0.3 is 36.1 Å². The Morgan fingerprint density at radius 2 is 1.53 bits per heavy atom. The Bertz CT molecular complexity index is 1450. The van der Waals surface area contributed by atoms with Crippen molar-refractivity contribution < 1.29 is 33.4 Å². The van der Waals surface area contributed by atoms with Gasteiger partial charge in [0.1, 0.15) is 30.3 Å². The van der Waals surface area contributed by atoms with Gasteiger partial charge in [0.2, 0.25) is 17.7 Å². The summed E-state index contributed by atoms with van der Waals surface area (Å²) >= 11 is 0. The summed E-state index contributed by atoms with van der Waals surface area (Å²) in [5.41, 5.74) is 9.22. The van der Waals surface area contributed by atoms with Gasteiger partial charge in [-0.2, -0.15) is 0 Å². The zero-order valence-corrected chi connectivity index (χ0v) is 29.8. The number of rotatable bonds is 13. The van der Waals surface area contributed by atoms with Crippen LogP contribution in [0.4, 0.5) is 9.59 Å². The van der Waals surface area contributed by atoms with Gasteiger partial charge in [0.25, 0.3) is 0 Å². The van der Waals surface area contributed by atoms with Crippen LogP contribution in [0.1, 0.15) is 83.8 Å². The first kappa shape index (κ1) is 39.1. The van der Waals surface area contributed by atoms with Gasteiger partial charge in [-0.15, -0.1) is 12.4 Å². The first-order valence-corrected chi connectivity index (χ1v) is 16.8. The van der Waals surface area contributed by atoms with Gasteiger partial charge in [-0.1, -0.05) is 62.4 Å². The van der Waals surface area contributed by atoms with Crippen LogP contribution in [-0.4, -0.2) is 78.2 Å². The molecule has 0 saturated carbocycles. The molecular formula is C36H50ClN5O7. The van der Waals surface area contributed by atoms with Gasteiger partial charge in [0.05, 0.1) is 0 Å². The van der Waals surface area contributed by atoms with Crippen LogP contribution in [0, 0.1) is 5.92 Å². The molecule has 4 rings (SSSR count). The van der Waals surface area contributed by atoms with Gasteiger partial charge >= 0.3 is 12.2 Å². The summed E-state index contributed by atoms with van der Waals surface area (Å²) in [5, 5.41) is 8.17. The second-order valence-electron chi connectivity index (χ2n) is 13.8. The largest absolute Gasteiger partial charge is 0.449 e. The second-order valence-corrected chi connectivity index (χ2v) is 13.8. The van der Waals surface area contributed by atoms with Crippen LogP contribution in [0.5, 0.6) is 0 Å². The lowest BCUT2D eigenvalue weighted by Crippen LogP contribution is -2.56. The maximum atomic E-state index is 14.0. The number of nitrogens with two attached hydrogens (primary N) is 1. The van der Waals surface area contributed by atoms with E-state index in [-0.39, 0.29) is 37.3 Å². The monoisotopic (exact) mass is 699 g/mol. The fraction of sp³-hybridized carbons (Fsp3) is 0.528. The molecule has 0 spiro atoms. The number of likely N-dealkylation sites (tertiary alicyclic amines) is 1. The minimum absolute atomic E-state index is 0. The van der Waals surface area contributed by atoms with Crippen LogP contribution >= 0.6 is 12.4 Å². The predicted octanol–water partition coefficient (Wildman–Crippen LogP) is 4.63. The number of halogens is 1. The molecule has 0 bridgehead atoms. The number of nitrogens with one attached hydrogen (secondary N) is 3. The van der Waals surface area contributed by atoms with E-state index in [9.17, 15) is 24.0 Å². The van der Waals surface area contributed by atoms with Crippen LogP contribution in [0.15, 0.2) is 48.5 Å². The number of hydrogen-bond donors (Lipinski definition) is 4. The van der Waals surface area contributed by atoms with Gasteiger partial charge in [-0.25, -0.2) is 9.59 Å². The van der Waals surface area contributed by atoms with Crippen LogP contribution in [-0.2, 0) is 23.9 Å². The molecule has 1 saturated heterocycles. The lowest BCUT2D eigenvalue weighted by atomic mass is 9.98. The standard InChI is InChI=1S/C36H49N5O7.ClH/c1-22(2)30(31(37)42)40-32(43)29-18-12-20-41(29)33(44)28(17-10-11-19-38-34(45)48-36(3,4)5)39-35(46)47-21-27-25-15-8-6-13-23(25)24-14-7-9-16-26(24)27;/h6-9,13-16,22,27-30H,10-12,17-21H2,1-5H3,(H2,37,42)(H,38,45)(H,39,46)(H,40,43);1H/t28-,29-,30-;/m0./s1. The Hall–Kier alpha value is -4.32. The Labute approximate surface area is 294 Å². The highest BCUT2D eigenvalue weighted by Crippen LogP contribution is 2.44. The summed E-state index contributed by atoms with van der Waals surface area (Å²) in [7, 11) is 0. The first-order chi connectivity index (χ1) is 22.8. The van der Waals surface area contributed by atoms with Gasteiger partial charge in [-0.05, 0) is 81.0 Å². The van der Waals surface area contributed by atoms with Crippen LogP contribution in [0.3, 0.4) is 0 Å². The quantitative estimate of drug-likeness (QED) is 0.221. The van der Waals surface area contributed by atoms with Gasteiger partial charge in [-0.3, -0.25) is 14.4 Å². The normalized spacial score (nSPS) is 16.4. The maximum absolute atomic E-state index is 14.0. The fourth-order valence-corrected chi connectivity index (χ4v) is 6.34. The lowest BCUT2D eigenvalue weighted by molar-refractivity contribution is -0.141. The second kappa shape index (κ2) is 17.4. The molecule has 2 aromatic carbocycles. The molecule has 5 amide bonds. The zero-order chi connectivity index (χ0) is 35.0. The summed E-state index contributed by atoms with van der Waals surface area (Å²) in [6, 6.07) is 13.4. The topological polar surface area (TPSA) is 169 Å². The van der Waals surface area contributed by atoms with E-state index in [1.165, 1.54) is 4.90 Å². The van der Waals surface area contributed by atoms with E-state index in [0.717, 1.165) is 22.3 Å². The van der Waals surface area contributed by atoms with Gasteiger partial charge in [0.15, 0.2) is 0 Å². The van der Waals surface area contributed by atoms with Gasteiger partial charge in [0, 0.05) is 19.0 Å². The number of unbranched alkanes of at least 4 members (excludes halogenated alkanes) is 1. The number of carbonyl (C=O) groups is 5. The molecule has 2 aromatic rings. The molecule has 0 radical (unpaired) electrons. The van der Waals surface area contributed by atoms with Crippen molar-refractivity contribution in [3.8, 4) is 11.1 Å². The molecule has 268 valence electrons. The minimum atomic E-state index is -0.979. The van der Waals surface area contributed by atoms with Crippen LogP contribution < -0.4 is 21.7 Å². The number of carbonyl (C=O) groups excluding carboxylic acids is 5. The van der Waals surface area contributed by atoms with Crippen molar-refractivity contribution in [3.05, 3.63) is 59.7 Å². The number of hydrogen-bond acceptors (Lipinski definition) is 7. The van der Waals surface area contributed by atoms with E-state index in [2.05, 4.69) is 28.1 Å². The zero-order valence-electron chi connectivity index (χ0n) is 29.0. The molecule has 12 nitrogen and oxygen atoms in total. The highest BCUT2D eigenvalue weighted by atomic mass is 35.5. The SMILES string of the molecule is CC(C)[C@H](NC(=O)[C@@H]1CCCN1C(=O)[C@H](CCCCNC(=O)OC(C)(C)C)NC(=O)OCC1c2ccccc2-c2ccccc21)C(N)=O.Cl. The lowest BCUT2D eigenvalue weighted by Gasteiger charge is -2.30. The number of alkyl carbamates (subject to hydrolysis) is 2. The Kier molecular flexibility index (Phi) is 13.9. The number of benzene rings is 2. The molecular weight excluding hydrogens is 650 g/mol. The van der Waals surface area contributed by atoms with E-state index in [1.807, 2.05) is 36.4 Å². The molecule has 1 aliphatic carbocycles. The molecule has 0 unspecified atom stereocenters. The van der Waals surface area contributed by atoms with E-state index in [4.69, 9.17) is 15.2 Å². The first-order valence-electron chi connectivity index (χ1n) is 16.8. The summed E-state index contributed by atoms with van der Waals surface area (Å²) in [6.07, 6.45) is 0.984.